The highest BCUT2D eigenvalue weighted by Crippen LogP contribution is 2.46. The lowest BCUT2D eigenvalue weighted by Crippen LogP contribution is -2.21. The topological polar surface area (TPSA) is 93.3 Å². The van der Waals surface area contributed by atoms with Crippen molar-refractivity contribution in [3.05, 3.63) is 65.2 Å². The van der Waals surface area contributed by atoms with E-state index in [1.54, 1.807) is 20.3 Å². The molecule has 0 amide bonds. The molecule has 26 heavy (non-hydrogen) atoms. The van der Waals surface area contributed by atoms with E-state index in [0.717, 1.165) is 22.0 Å². The first kappa shape index (κ1) is 15.9. The second-order valence-corrected chi connectivity index (χ2v) is 5.99. The summed E-state index contributed by atoms with van der Waals surface area (Å²) in [4.78, 5) is 3.16. The van der Waals surface area contributed by atoms with Crippen molar-refractivity contribution >= 4 is 10.9 Å². The van der Waals surface area contributed by atoms with Gasteiger partial charge in [-0.1, -0.05) is 6.07 Å². The Morgan fingerprint density at radius 3 is 2.50 bits per heavy atom. The van der Waals surface area contributed by atoms with Gasteiger partial charge in [0.05, 0.1) is 20.1 Å². The van der Waals surface area contributed by atoms with E-state index < -0.39 is 0 Å². The summed E-state index contributed by atoms with van der Waals surface area (Å²) < 4.78 is 16.6. The van der Waals surface area contributed by atoms with E-state index in [1.807, 2.05) is 36.5 Å². The Hall–Kier alpha value is -3.59. The number of nitriles is 1. The van der Waals surface area contributed by atoms with Crippen LogP contribution in [0.25, 0.3) is 10.9 Å². The number of methoxy groups -OCH3 is 2. The van der Waals surface area contributed by atoms with Gasteiger partial charge in [-0.2, -0.15) is 5.26 Å². The van der Waals surface area contributed by atoms with E-state index in [1.165, 1.54) is 0 Å². The fraction of sp³-hybridized carbons (Fsp3) is 0.150. The van der Waals surface area contributed by atoms with Gasteiger partial charge in [-0.25, -0.2) is 0 Å². The molecule has 2 heterocycles. The minimum Gasteiger partial charge on any atom is -0.497 e. The van der Waals surface area contributed by atoms with Crippen LogP contribution < -0.4 is 19.9 Å². The molecule has 1 aliphatic heterocycles. The average molecular weight is 347 g/mol. The first-order valence-electron chi connectivity index (χ1n) is 8.06. The van der Waals surface area contributed by atoms with Crippen molar-refractivity contribution < 1.29 is 14.2 Å². The lowest BCUT2D eigenvalue weighted by atomic mass is 9.83. The number of benzene rings is 2. The van der Waals surface area contributed by atoms with Crippen LogP contribution in [0.2, 0.25) is 0 Å². The zero-order valence-corrected chi connectivity index (χ0v) is 14.4. The van der Waals surface area contributed by atoms with Gasteiger partial charge < -0.3 is 24.9 Å². The number of aromatic amines is 1. The third-order valence-electron chi connectivity index (χ3n) is 4.62. The van der Waals surface area contributed by atoms with Gasteiger partial charge in [-0.05, 0) is 29.8 Å². The van der Waals surface area contributed by atoms with Crippen molar-refractivity contribution in [3.63, 3.8) is 0 Å². The van der Waals surface area contributed by atoms with E-state index in [0.29, 0.717) is 22.8 Å². The molecule has 0 spiro atoms. The van der Waals surface area contributed by atoms with Gasteiger partial charge in [-0.3, -0.25) is 0 Å². The number of nitrogens with two attached hydrogens (primary N) is 1. The second kappa shape index (κ2) is 6.05. The van der Waals surface area contributed by atoms with Crippen molar-refractivity contribution in [2.45, 2.75) is 5.92 Å². The summed E-state index contributed by atoms with van der Waals surface area (Å²) >= 11 is 0. The van der Waals surface area contributed by atoms with Crippen LogP contribution in [0.15, 0.2) is 54.1 Å². The number of fused-ring (bicyclic) bond motifs is 3. The molecule has 1 unspecified atom stereocenters. The molecule has 1 aliphatic rings. The van der Waals surface area contributed by atoms with Crippen molar-refractivity contribution in [1.82, 2.24) is 4.98 Å². The molecule has 1 aromatic heterocycles. The van der Waals surface area contributed by atoms with Gasteiger partial charge in [0.1, 0.15) is 28.9 Å². The molecule has 2 aromatic carbocycles. The molecule has 4 rings (SSSR count). The van der Waals surface area contributed by atoms with E-state index in [2.05, 4.69) is 11.1 Å². The highest BCUT2D eigenvalue weighted by atomic mass is 16.5. The number of allylic oxidation sites excluding steroid dienone is 1. The van der Waals surface area contributed by atoms with Gasteiger partial charge in [0.15, 0.2) is 0 Å². The summed E-state index contributed by atoms with van der Waals surface area (Å²) in [6, 6.07) is 13.6. The van der Waals surface area contributed by atoms with Gasteiger partial charge in [0, 0.05) is 28.7 Å². The lowest BCUT2D eigenvalue weighted by Gasteiger charge is -2.27. The highest BCUT2D eigenvalue weighted by Gasteiger charge is 2.32. The maximum atomic E-state index is 9.71. The summed E-state index contributed by atoms with van der Waals surface area (Å²) in [5.74, 6) is 1.69. The van der Waals surface area contributed by atoms with Crippen LogP contribution in [0.4, 0.5) is 0 Å². The number of ether oxygens (including phenoxy) is 3. The molecular weight excluding hydrogens is 330 g/mol. The largest absolute Gasteiger partial charge is 0.497 e. The summed E-state index contributed by atoms with van der Waals surface area (Å²) in [5.41, 5.74) is 9.12. The summed E-state index contributed by atoms with van der Waals surface area (Å²) in [6.07, 6.45) is 1.84. The minimum atomic E-state index is -0.368. The Bertz CT molecular complexity index is 1050. The van der Waals surface area contributed by atoms with Crippen LogP contribution in [-0.2, 0) is 0 Å². The number of rotatable bonds is 3. The number of aromatic nitrogens is 1. The number of H-pyrrole nitrogens is 1. The van der Waals surface area contributed by atoms with E-state index >= 15 is 0 Å². The number of hydrogen-bond acceptors (Lipinski definition) is 5. The molecule has 3 aromatic rings. The molecule has 0 saturated heterocycles. The predicted molar refractivity (Wildman–Crippen MR) is 97.1 cm³/mol. The standard InChI is InChI=1S/C20H17N3O3/c1-24-12-7-11(8-13(9-12)25-2)18-15-3-4-17-14(5-6-23-17)19(15)26-20(22)16(18)10-21/h3-9,18,23H,22H2,1-2H3. The van der Waals surface area contributed by atoms with Crippen LogP contribution in [0.3, 0.4) is 0 Å². The monoisotopic (exact) mass is 347 g/mol. The van der Waals surface area contributed by atoms with Gasteiger partial charge in [0.25, 0.3) is 0 Å². The molecule has 130 valence electrons. The summed E-state index contributed by atoms with van der Waals surface area (Å²) in [5, 5.41) is 10.6. The fourth-order valence-corrected chi connectivity index (χ4v) is 3.39. The average Bonchev–Trinajstić information content (AvgIpc) is 3.15. The molecule has 3 N–H and O–H groups in total. The van der Waals surface area contributed by atoms with Gasteiger partial charge in [0.2, 0.25) is 5.88 Å². The Kier molecular flexibility index (Phi) is 3.70. The van der Waals surface area contributed by atoms with Gasteiger partial charge >= 0.3 is 0 Å². The molecule has 0 aliphatic carbocycles. The molecular formula is C20H17N3O3. The number of nitrogens with zero attached hydrogens (tertiary/aromatic N) is 1. The first-order valence-corrected chi connectivity index (χ1v) is 8.06. The third-order valence-corrected chi connectivity index (χ3v) is 4.62. The van der Waals surface area contributed by atoms with E-state index in [9.17, 15) is 5.26 Å². The Morgan fingerprint density at radius 2 is 1.85 bits per heavy atom. The van der Waals surface area contributed by atoms with Crippen molar-refractivity contribution in [2.24, 2.45) is 5.73 Å². The van der Waals surface area contributed by atoms with Crippen LogP contribution in [-0.4, -0.2) is 19.2 Å². The highest BCUT2D eigenvalue weighted by molar-refractivity contribution is 5.88. The van der Waals surface area contributed by atoms with Crippen molar-refractivity contribution in [3.8, 4) is 23.3 Å². The van der Waals surface area contributed by atoms with Crippen LogP contribution in [0.1, 0.15) is 17.0 Å². The Labute approximate surface area is 150 Å². The Balaban J connectivity index is 1.99. The summed E-state index contributed by atoms with van der Waals surface area (Å²) in [7, 11) is 3.18. The third kappa shape index (κ3) is 2.33. The molecule has 0 saturated carbocycles. The molecule has 0 fully saturated rings. The molecule has 6 heteroatoms. The SMILES string of the molecule is COc1cc(OC)cc(C2C(C#N)=C(N)Oc3c2ccc2[nH]ccc32)c1. The van der Waals surface area contributed by atoms with Gasteiger partial charge in [-0.15, -0.1) is 0 Å². The smallest absolute Gasteiger partial charge is 0.205 e. The zero-order valence-electron chi connectivity index (χ0n) is 14.4. The maximum absolute atomic E-state index is 9.71. The van der Waals surface area contributed by atoms with Crippen LogP contribution in [0.5, 0.6) is 17.2 Å². The fourth-order valence-electron chi connectivity index (χ4n) is 3.39. The zero-order chi connectivity index (χ0) is 18.3. The maximum Gasteiger partial charge on any atom is 0.205 e. The minimum absolute atomic E-state index is 0.112. The van der Waals surface area contributed by atoms with Crippen LogP contribution in [0, 0.1) is 11.3 Å². The molecule has 1 atom stereocenters. The lowest BCUT2D eigenvalue weighted by molar-refractivity contribution is 0.389. The van der Waals surface area contributed by atoms with E-state index in [4.69, 9.17) is 19.9 Å². The van der Waals surface area contributed by atoms with E-state index in [-0.39, 0.29) is 11.8 Å². The van der Waals surface area contributed by atoms with Crippen molar-refractivity contribution in [1.29, 1.82) is 5.26 Å². The van der Waals surface area contributed by atoms with Crippen LogP contribution >= 0.6 is 0 Å². The first-order chi connectivity index (χ1) is 12.7. The molecule has 0 radical (unpaired) electrons. The quantitative estimate of drug-likeness (QED) is 0.757. The number of hydrogen-bond donors (Lipinski definition) is 2. The number of nitrogens with one attached hydrogen (secondary N) is 1. The second-order valence-electron chi connectivity index (χ2n) is 5.99. The Morgan fingerprint density at radius 1 is 1.12 bits per heavy atom. The van der Waals surface area contributed by atoms with Crippen molar-refractivity contribution in [2.75, 3.05) is 14.2 Å². The normalized spacial score (nSPS) is 16.0. The summed E-state index contributed by atoms with van der Waals surface area (Å²) in [6.45, 7) is 0. The molecule has 0 bridgehead atoms. The molecule has 6 nitrogen and oxygen atoms in total. The predicted octanol–water partition coefficient (Wildman–Crippen LogP) is 3.40.